The highest BCUT2D eigenvalue weighted by Gasteiger charge is 2.19. The van der Waals surface area contributed by atoms with Crippen molar-refractivity contribution in [3.63, 3.8) is 0 Å². The summed E-state index contributed by atoms with van der Waals surface area (Å²) in [5.41, 5.74) is 9.07. The number of para-hydroxylation sites is 1. The molecule has 2 heterocycles. The molecule has 51 heavy (non-hydrogen) atoms. The van der Waals surface area contributed by atoms with Crippen LogP contribution in [0.4, 0.5) is 0 Å². The molecule has 0 saturated heterocycles. The number of nitrogens with zero attached hydrogens (tertiary/aromatic N) is 3. The molecule has 0 aliphatic carbocycles. The average Bonchev–Trinajstić information content (AvgIpc) is 3.59. The first-order valence-corrected chi connectivity index (χ1v) is 17.1. The normalized spacial score (nSPS) is 11.5. The summed E-state index contributed by atoms with van der Waals surface area (Å²) in [6, 6.07) is 61.1. The Bertz CT molecular complexity index is 2860. The van der Waals surface area contributed by atoms with E-state index in [1.807, 2.05) is 72.8 Å². The van der Waals surface area contributed by atoms with Crippen molar-refractivity contribution in [1.29, 1.82) is 0 Å². The lowest BCUT2D eigenvalue weighted by Crippen LogP contribution is -2.00. The van der Waals surface area contributed by atoms with E-state index in [4.69, 9.17) is 19.4 Å². The number of rotatable bonds is 5. The van der Waals surface area contributed by atoms with Crippen LogP contribution in [-0.2, 0) is 0 Å². The molecule has 4 nitrogen and oxygen atoms in total. The number of aromatic nitrogens is 3. The molecule has 10 rings (SSSR count). The molecular formula is C47H29N3O. The third-order valence-electron chi connectivity index (χ3n) is 9.71. The third-order valence-corrected chi connectivity index (χ3v) is 9.71. The summed E-state index contributed by atoms with van der Waals surface area (Å²) in [6.07, 6.45) is 0. The van der Waals surface area contributed by atoms with E-state index in [0.29, 0.717) is 17.5 Å². The summed E-state index contributed by atoms with van der Waals surface area (Å²) in [6.45, 7) is 0. The van der Waals surface area contributed by atoms with Gasteiger partial charge in [0, 0.05) is 27.5 Å². The van der Waals surface area contributed by atoms with Gasteiger partial charge >= 0.3 is 0 Å². The summed E-state index contributed by atoms with van der Waals surface area (Å²) in [5, 5.41) is 6.84. The van der Waals surface area contributed by atoms with Crippen LogP contribution in [0.15, 0.2) is 180 Å². The Morgan fingerprint density at radius 2 is 0.882 bits per heavy atom. The van der Waals surface area contributed by atoms with Crippen molar-refractivity contribution in [3.05, 3.63) is 176 Å². The number of fused-ring (bicyclic) bond motifs is 5. The minimum Gasteiger partial charge on any atom is -0.456 e. The number of hydrogen-bond donors (Lipinski definition) is 0. The van der Waals surface area contributed by atoms with E-state index in [1.165, 1.54) is 10.8 Å². The van der Waals surface area contributed by atoms with Gasteiger partial charge in [0.05, 0.1) is 0 Å². The van der Waals surface area contributed by atoms with Crippen molar-refractivity contribution >= 4 is 43.5 Å². The maximum absolute atomic E-state index is 6.55. The van der Waals surface area contributed by atoms with E-state index < -0.39 is 0 Å². The second-order valence-corrected chi connectivity index (χ2v) is 12.8. The molecule has 2 aromatic heterocycles. The van der Waals surface area contributed by atoms with Gasteiger partial charge in [-0.3, -0.25) is 0 Å². The standard InChI is InChI=1S/C47H29N3O/c1-3-14-31(15-4-1)45-48-46(32-16-5-2-6-17-32)50-47(49-45)39-26-25-36(37-19-9-10-20-38(37)39)35-28-41(34-24-23-30-13-7-8-18-33(30)27-34)44-40-21-11-12-22-42(40)51-43(44)29-35/h1-29H. The topological polar surface area (TPSA) is 51.8 Å². The van der Waals surface area contributed by atoms with Crippen LogP contribution in [-0.4, -0.2) is 15.0 Å². The molecule has 0 aliphatic heterocycles. The molecule has 0 spiro atoms. The van der Waals surface area contributed by atoms with Gasteiger partial charge in [-0.05, 0) is 74.1 Å². The van der Waals surface area contributed by atoms with E-state index in [-0.39, 0.29) is 0 Å². The lowest BCUT2D eigenvalue weighted by molar-refractivity contribution is 0.669. The first kappa shape index (κ1) is 29.0. The zero-order valence-corrected chi connectivity index (χ0v) is 27.5. The molecule has 0 radical (unpaired) electrons. The molecule has 0 saturated carbocycles. The highest BCUT2D eigenvalue weighted by atomic mass is 16.3. The minimum atomic E-state index is 0.634. The Morgan fingerprint density at radius 1 is 0.314 bits per heavy atom. The maximum Gasteiger partial charge on any atom is 0.164 e. The summed E-state index contributed by atoms with van der Waals surface area (Å²) in [4.78, 5) is 15.0. The van der Waals surface area contributed by atoms with Crippen LogP contribution in [0.25, 0.3) is 99.9 Å². The molecule has 0 N–H and O–H groups in total. The lowest BCUT2D eigenvalue weighted by atomic mass is 9.90. The van der Waals surface area contributed by atoms with E-state index in [9.17, 15) is 0 Å². The van der Waals surface area contributed by atoms with Gasteiger partial charge in [0.2, 0.25) is 0 Å². The molecule has 0 fully saturated rings. The number of furan rings is 1. The number of hydrogen-bond acceptors (Lipinski definition) is 4. The summed E-state index contributed by atoms with van der Waals surface area (Å²) >= 11 is 0. The zero-order chi connectivity index (χ0) is 33.7. The Hall–Kier alpha value is -6.91. The van der Waals surface area contributed by atoms with Crippen molar-refractivity contribution in [2.45, 2.75) is 0 Å². The number of benzene rings is 8. The van der Waals surface area contributed by atoms with Gasteiger partial charge in [-0.2, -0.15) is 0 Å². The minimum absolute atomic E-state index is 0.634. The SMILES string of the molecule is c1ccc(-c2nc(-c3ccccc3)nc(-c3ccc(-c4cc(-c5ccc6ccccc6c5)c5c(c4)oc4ccccc45)c4ccccc34)n2)cc1. The highest BCUT2D eigenvalue weighted by molar-refractivity contribution is 6.15. The molecular weight excluding hydrogens is 623 g/mol. The zero-order valence-electron chi connectivity index (χ0n) is 27.5. The van der Waals surface area contributed by atoms with E-state index in [0.717, 1.165) is 71.7 Å². The summed E-state index contributed by atoms with van der Waals surface area (Å²) in [7, 11) is 0. The van der Waals surface area contributed by atoms with Crippen LogP contribution in [0.3, 0.4) is 0 Å². The fraction of sp³-hybridized carbons (Fsp3) is 0. The average molecular weight is 652 g/mol. The van der Waals surface area contributed by atoms with Gasteiger partial charge in [0.25, 0.3) is 0 Å². The highest BCUT2D eigenvalue weighted by Crippen LogP contribution is 2.43. The van der Waals surface area contributed by atoms with Crippen LogP contribution in [0.1, 0.15) is 0 Å². The second kappa shape index (κ2) is 11.9. The van der Waals surface area contributed by atoms with E-state index in [2.05, 4.69) is 103 Å². The molecule has 10 aromatic rings. The molecule has 0 unspecified atom stereocenters. The predicted molar refractivity (Wildman–Crippen MR) is 209 cm³/mol. The fourth-order valence-corrected chi connectivity index (χ4v) is 7.27. The van der Waals surface area contributed by atoms with E-state index >= 15 is 0 Å². The van der Waals surface area contributed by atoms with Crippen LogP contribution in [0.2, 0.25) is 0 Å². The van der Waals surface area contributed by atoms with Crippen molar-refractivity contribution in [1.82, 2.24) is 15.0 Å². The van der Waals surface area contributed by atoms with Crippen LogP contribution in [0.5, 0.6) is 0 Å². The van der Waals surface area contributed by atoms with Gasteiger partial charge in [-0.15, -0.1) is 0 Å². The largest absolute Gasteiger partial charge is 0.456 e. The monoisotopic (exact) mass is 651 g/mol. The Balaban J connectivity index is 1.20. The van der Waals surface area contributed by atoms with Crippen LogP contribution >= 0.6 is 0 Å². The van der Waals surface area contributed by atoms with E-state index in [1.54, 1.807) is 0 Å². The Morgan fingerprint density at radius 3 is 1.61 bits per heavy atom. The molecule has 0 amide bonds. The van der Waals surface area contributed by atoms with Gasteiger partial charge < -0.3 is 4.42 Å². The fourth-order valence-electron chi connectivity index (χ4n) is 7.27. The molecule has 8 aromatic carbocycles. The third kappa shape index (κ3) is 5.04. The first-order chi connectivity index (χ1) is 25.3. The molecule has 0 aliphatic rings. The second-order valence-electron chi connectivity index (χ2n) is 12.8. The van der Waals surface area contributed by atoms with Gasteiger partial charge in [-0.25, -0.2) is 15.0 Å². The Kier molecular flexibility index (Phi) is 6.78. The molecule has 0 atom stereocenters. The molecule has 0 bridgehead atoms. The van der Waals surface area contributed by atoms with Gasteiger partial charge in [0.15, 0.2) is 17.5 Å². The smallest absolute Gasteiger partial charge is 0.164 e. The maximum atomic E-state index is 6.55. The van der Waals surface area contributed by atoms with Crippen LogP contribution < -0.4 is 0 Å². The molecule has 4 heteroatoms. The predicted octanol–water partition coefficient (Wildman–Crippen LogP) is 12.4. The van der Waals surface area contributed by atoms with Crippen molar-refractivity contribution in [2.75, 3.05) is 0 Å². The molecule has 238 valence electrons. The first-order valence-electron chi connectivity index (χ1n) is 17.1. The van der Waals surface area contributed by atoms with Crippen molar-refractivity contribution < 1.29 is 4.42 Å². The lowest BCUT2D eigenvalue weighted by Gasteiger charge is -2.14. The van der Waals surface area contributed by atoms with Gasteiger partial charge in [-0.1, -0.05) is 146 Å². The summed E-state index contributed by atoms with van der Waals surface area (Å²) in [5.74, 6) is 1.92. The van der Waals surface area contributed by atoms with Crippen molar-refractivity contribution in [3.8, 4) is 56.4 Å². The van der Waals surface area contributed by atoms with Gasteiger partial charge in [0.1, 0.15) is 11.2 Å². The quantitative estimate of drug-likeness (QED) is 0.186. The Labute approximate surface area is 294 Å². The van der Waals surface area contributed by atoms with Crippen LogP contribution in [0, 0.1) is 0 Å². The summed E-state index contributed by atoms with van der Waals surface area (Å²) < 4.78 is 6.55. The van der Waals surface area contributed by atoms with Crippen molar-refractivity contribution in [2.24, 2.45) is 0 Å².